The van der Waals surface area contributed by atoms with E-state index in [1.165, 1.54) is 4.57 Å². The van der Waals surface area contributed by atoms with Gasteiger partial charge in [-0.25, -0.2) is 9.89 Å². The summed E-state index contributed by atoms with van der Waals surface area (Å²) in [7, 11) is 1.65. The molecule has 0 aliphatic heterocycles. The topological polar surface area (TPSA) is 110 Å². The van der Waals surface area contributed by atoms with E-state index in [9.17, 15) is 4.79 Å². The summed E-state index contributed by atoms with van der Waals surface area (Å²) in [6.45, 7) is 0.316. The van der Waals surface area contributed by atoms with E-state index in [2.05, 4.69) is 15.4 Å². The Kier molecular flexibility index (Phi) is 3.74. The first-order valence-corrected chi connectivity index (χ1v) is 7.78. The minimum atomic E-state index is -0.411. The van der Waals surface area contributed by atoms with Crippen molar-refractivity contribution in [3.05, 3.63) is 64.3 Å². The second kappa shape index (κ2) is 6.22. The zero-order valence-electron chi connectivity index (χ0n) is 13.8. The van der Waals surface area contributed by atoms with Crippen LogP contribution in [0.3, 0.4) is 0 Å². The van der Waals surface area contributed by atoms with E-state index in [1.807, 2.05) is 30.3 Å². The van der Waals surface area contributed by atoms with Crippen molar-refractivity contribution in [3.63, 3.8) is 0 Å². The molecule has 0 saturated carbocycles. The summed E-state index contributed by atoms with van der Waals surface area (Å²) in [5.41, 5.74) is 3.68. The van der Waals surface area contributed by atoms with Crippen LogP contribution in [0.15, 0.2) is 51.7 Å². The lowest BCUT2D eigenvalue weighted by molar-refractivity contribution is 0.306. The van der Waals surface area contributed by atoms with Gasteiger partial charge in [-0.1, -0.05) is 23.4 Å². The van der Waals surface area contributed by atoms with Crippen molar-refractivity contribution in [2.24, 2.45) is 7.05 Å². The Bertz CT molecular complexity index is 1200. The Morgan fingerprint density at radius 2 is 2.19 bits per heavy atom. The molecule has 0 radical (unpaired) electrons. The molecule has 0 aliphatic carbocycles. The van der Waals surface area contributed by atoms with Gasteiger partial charge in [-0.3, -0.25) is 4.57 Å². The standard InChI is InChI=1S/C18H13N5O3/c1-23-15-6-5-13(8-16(15)26-18(23)24)25-10-11-3-2-4-12(7-11)17-14(9-19)20-22-21-17/h2-8H,10H2,1H3,(H,20,21,22). The van der Waals surface area contributed by atoms with Crippen molar-refractivity contribution in [3.8, 4) is 23.1 Å². The predicted octanol–water partition coefficient (Wildman–Crippen LogP) is 2.37. The highest BCUT2D eigenvalue weighted by Crippen LogP contribution is 2.23. The van der Waals surface area contributed by atoms with Crippen molar-refractivity contribution in [2.75, 3.05) is 0 Å². The SMILES string of the molecule is Cn1c(=O)oc2cc(OCc3cccc(-c4nn[nH]c4C#N)c3)ccc21. The normalized spacial score (nSPS) is 10.8. The van der Waals surface area contributed by atoms with E-state index in [0.29, 0.717) is 34.8 Å². The van der Waals surface area contributed by atoms with Gasteiger partial charge in [0.25, 0.3) is 0 Å². The molecule has 1 N–H and O–H groups in total. The molecule has 0 spiro atoms. The minimum absolute atomic E-state index is 0.313. The molecule has 0 aliphatic rings. The number of benzene rings is 2. The highest BCUT2D eigenvalue weighted by Gasteiger charge is 2.10. The molecule has 4 rings (SSSR count). The van der Waals surface area contributed by atoms with Gasteiger partial charge in [0, 0.05) is 18.7 Å². The van der Waals surface area contributed by atoms with Crippen LogP contribution in [0.4, 0.5) is 0 Å². The Labute approximate surface area is 147 Å². The Morgan fingerprint density at radius 1 is 1.31 bits per heavy atom. The number of nitriles is 1. The van der Waals surface area contributed by atoms with Gasteiger partial charge in [-0.05, 0) is 23.8 Å². The number of aromatic nitrogens is 4. The van der Waals surface area contributed by atoms with Gasteiger partial charge in [0.15, 0.2) is 11.3 Å². The lowest BCUT2D eigenvalue weighted by Crippen LogP contribution is -2.08. The maximum atomic E-state index is 11.6. The molecular formula is C18H13N5O3. The smallest absolute Gasteiger partial charge is 0.419 e. The summed E-state index contributed by atoms with van der Waals surface area (Å²) >= 11 is 0. The molecule has 2 aromatic heterocycles. The van der Waals surface area contributed by atoms with Crippen LogP contribution in [0, 0.1) is 11.3 Å². The quantitative estimate of drug-likeness (QED) is 0.607. The van der Waals surface area contributed by atoms with Crippen LogP contribution >= 0.6 is 0 Å². The van der Waals surface area contributed by atoms with Crippen molar-refractivity contribution in [1.29, 1.82) is 5.26 Å². The first-order chi connectivity index (χ1) is 12.7. The highest BCUT2D eigenvalue weighted by molar-refractivity contribution is 5.74. The average Bonchev–Trinajstić information content (AvgIpc) is 3.25. The number of aryl methyl sites for hydroxylation is 1. The fourth-order valence-corrected chi connectivity index (χ4v) is 2.69. The predicted molar refractivity (Wildman–Crippen MR) is 92.3 cm³/mol. The number of fused-ring (bicyclic) bond motifs is 1. The summed E-state index contributed by atoms with van der Waals surface area (Å²) in [5.74, 6) is 0.183. The molecule has 0 fully saturated rings. The number of oxazole rings is 1. The van der Waals surface area contributed by atoms with Crippen LogP contribution < -0.4 is 10.5 Å². The van der Waals surface area contributed by atoms with E-state index < -0.39 is 5.76 Å². The van der Waals surface area contributed by atoms with Crippen LogP contribution in [0.5, 0.6) is 5.75 Å². The maximum Gasteiger partial charge on any atom is 0.419 e. The van der Waals surface area contributed by atoms with E-state index in [4.69, 9.17) is 14.4 Å². The summed E-state index contributed by atoms with van der Waals surface area (Å²) in [5, 5.41) is 19.3. The molecule has 0 bridgehead atoms. The van der Waals surface area contributed by atoms with Crippen LogP contribution in [-0.4, -0.2) is 20.0 Å². The zero-order valence-corrected chi connectivity index (χ0v) is 13.8. The third-order valence-corrected chi connectivity index (χ3v) is 4.03. The van der Waals surface area contributed by atoms with Gasteiger partial charge in [0.1, 0.15) is 24.1 Å². The Hall–Kier alpha value is -3.86. The van der Waals surface area contributed by atoms with E-state index in [1.54, 1.807) is 25.2 Å². The first-order valence-electron chi connectivity index (χ1n) is 7.78. The number of rotatable bonds is 4. The maximum absolute atomic E-state index is 11.6. The average molecular weight is 347 g/mol. The Morgan fingerprint density at radius 3 is 3.04 bits per heavy atom. The fourth-order valence-electron chi connectivity index (χ4n) is 2.69. The number of ether oxygens (including phenoxy) is 1. The van der Waals surface area contributed by atoms with E-state index in [0.717, 1.165) is 11.1 Å². The molecule has 2 aromatic carbocycles. The molecule has 0 atom stereocenters. The Balaban J connectivity index is 1.56. The van der Waals surface area contributed by atoms with Crippen molar-refractivity contribution in [2.45, 2.75) is 6.61 Å². The van der Waals surface area contributed by atoms with E-state index >= 15 is 0 Å². The van der Waals surface area contributed by atoms with Gasteiger partial charge in [0.05, 0.1) is 5.52 Å². The third kappa shape index (κ3) is 2.71. The third-order valence-electron chi connectivity index (χ3n) is 4.03. The second-order valence-corrected chi connectivity index (χ2v) is 5.69. The molecular weight excluding hydrogens is 334 g/mol. The number of aromatic amines is 1. The monoisotopic (exact) mass is 347 g/mol. The summed E-state index contributed by atoms with van der Waals surface area (Å²) in [6.07, 6.45) is 0. The van der Waals surface area contributed by atoms with Gasteiger partial charge in [0.2, 0.25) is 0 Å². The fraction of sp³-hybridized carbons (Fsp3) is 0.111. The molecule has 8 nitrogen and oxygen atoms in total. The van der Waals surface area contributed by atoms with Crippen LogP contribution in [0.25, 0.3) is 22.4 Å². The molecule has 0 saturated heterocycles. The van der Waals surface area contributed by atoms with Crippen molar-refractivity contribution in [1.82, 2.24) is 20.0 Å². The van der Waals surface area contributed by atoms with Crippen molar-refractivity contribution >= 4 is 11.1 Å². The van der Waals surface area contributed by atoms with Gasteiger partial charge < -0.3 is 9.15 Å². The van der Waals surface area contributed by atoms with Crippen LogP contribution in [-0.2, 0) is 13.7 Å². The molecule has 26 heavy (non-hydrogen) atoms. The minimum Gasteiger partial charge on any atom is -0.489 e. The lowest BCUT2D eigenvalue weighted by atomic mass is 10.1. The van der Waals surface area contributed by atoms with Crippen LogP contribution in [0.1, 0.15) is 11.3 Å². The van der Waals surface area contributed by atoms with Crippen LogP contribution in [0.2, 0.25) is 0 Å². The lowest BCUT2D eigenvalue weighted by Gasteiger charge is -2.07. The highest BCUT2D eigenvalue weighted by atomic mass is 16.5. The molecule has 4 aromatic rings. The molecule has 128 valence electrons. The van der Waals surface area contributed by atoms with Gasteiger partial charge >= 0.3 is 5.76 Å². The second-order valence-electron chi connectivity index (χ2n) is 5.69. The molecule has 8 heteroatoms. The number of hydrogen-bond donors (Lipinski definition) is 1. The van der Waals surface area contributed by atoms with Gasteiger partial charge in [-0.2, -0.15) is 5.26 Å². The number of nitrogens with one attached hydrogen (secondary N) is 1. The molecule has 0 amide bonds. The van der Waals surface area contributed by atoms with E-state index in [-0.39, 0.29) is 0 Å². The number of hydrogen-bond acceptors (Lipinski definition) is 6. The summed E-state index contributed by atoms with van der Waals surface area (Å²) < 4.78 is 12.4. The molecule has 0 unspecified atom stereocenters. The number of nitrogens with zero attached hydrogens (tertiary/aromatic N) is 4. The zero-order chi connectivity index (χ0) is 18.1. The number of H-pyrrole nitrogens is 1. The van der Waals surface area contributed by atoms with Crippen molar-refractivity contribution < 1.29 is 9.15 Å². The van der Waals surface area contributed by atoms with Gasteiger partial charge in [-0.15, -0.1) is 5.10 Å². The summed E-state index contributed by atoms with van der Waals surface area (Å²) in [6, 6.07) is 14.8. The first kappa shape index (κ1) is 15.7. The molecule has 2 heterocycles. The largest absolute Gasteiger partial charge is 0.489 e. The summed E-state index contributed by atoms with van der Waals surface area (Å²) in [4.78, 5) is 11.6.